The van der Waals surface area contributed by atoms with E-state index in [0.717, 1.165) is 13.1 Å². The monoisotopic (exact) mass is 229 g/mol. The predicted octanol–water partition coefficient (Wildman–Crippen LogP) is 1.79. The summed E-state index contributed by atoms with van der Waals surface area (Å²) in [5.74, 6) is 0. The number of nitrogens with one attached hydrogen (secondary N) is 2. The van der Waals surface area contributed by atoms with Crippen LogP contribution in [0.2, 0.25) is 0 Å². The van der Waals surface area contributed by atoms with E-state index >= 15 is 0 Å². The topological polar surface area (TPSA) is 31.1 Å². The molecule has 0 aromatic carbocycles. The summed E-state index contributed by atoms with van der Waals surface area (Å²) in [5, 5.41) is 3.40. The Kier molecular flexibility index (Phi) is 4.64. The Bertz CT molecular complexity index is 267. The van der Waals surface area contributed by atoms with Crippen LogP contribution in [0.3, 0.4) is 0 Å². The molecule has 1 aromatic heterocycles. The molecule has 1 aromatic rings. The lowest BCUT2D eigenvalue weighted by Gasteiger charge is -2.29. The van der Waals surface area contributed by atoms with Crippen molar-refractivity contribution in [3.63, 3.8) is 0 Å². The van der Waals surface area contributed by atoms with Crippen LogP contribution in [0, 0.1) is 0 Å². The van der Waals surface area contributed by atoms with Crippen molar-refractivity contribution in [1.82, 2.24) is 15.2 Å². The molecule has 4 heteroatoms. The number of H-pyrrole nitrogens is 1. The maximum atomic E-state index is 3.40. The normalized spacial score (nSPS) is 22.7. The van der Waals surface area contributed by atoms with Crippen molar-refractivity contribution in [2.75, 3.05) is 20.1 Å². The molecule has 0 radical (unpaired) electrons. The maximum absolute atomic E-state index is 3.40. The van der Waals surface area contributed by atoms with Gasteiger partial charge in [0.25, 0.3) is 0 Å². The van der Waals surface area contributed by atoms with Gasteiger partial charge in [-0.15, -0.1) is 12.4 Å². The average Bonchev–Trinajstić information content (AvgIpc) is 2.87. The van der Waals surface area contributed by atoms with Crippen molar-refractivity contribution in [2.45, 2.75) is 25.4 Å². The zero-order valence-electron chi connectivity index (χ0n) is 9.36. The molecule has 0 bridgehead atoms. The lowest BCUT2D eigenvalue weighted by Crippen LogP contribution is -2.35. The third-order valence-electron chi connectivity index (χ3n) is 3.29. The third-order valence-corrected chi connectivity index (χ3v) is 3.29. The summed E-state index contributed by atoms with van der Waals surface area (Å²) >= 11 is 0. The van der Waals surface area contributed by atoms with Gasteiger partial charge in [0.05, 0.1) is 0 Å². The summed E-state index contributed by atoms with van der Waals surface area (Å²) in [6.07, 6.45) is 3.26. The molecule has 1 aliphatic heterocycles. The van der Waals surface area contributed by atoms with Crippen molar-refractivity contribution in [3.05, 3.63) is 24.0 Å². The van der Waals surface area contributed by atoms with Gasteiger partial charge in [0.15, 0.2) is 0 Å². The standard InChI is InChI=1S/C11H19N3.ClH/c1-9(11-4-3-6-13-11)14(2)10-5-7-12-8-10;/h3-4,6,9-10,12-13H,5,7-8H2,1-2H3;1H. The molecule has 0 spiro atoms. The summed E-state index contributed by atoms with van der Waals surface area (Å²) in [6, 6.07) is 5.39. The van der Waals surface area contributed by atoms with Gasteiger partial charge in [0.1, 0.15) is 0 Å². The largest absolute Gasteiger partial charge is 0.364 e. The minimum absolute atomic E-state index is 0. The van der Waals surface area contributed by atoms with Crippen LogP contribution in [0.1, 0.15) is 25.1 Å². The van der Waals surface area contributed by atoms with Gasteiger partial charge < -0.3 is 10.3 Å². The van der Waals surface area contributed by atoms with Crippen LogP contribution in [0.4, 0.5) is 0 Å². The maximum Gasteiger partial charge on any atom is 0.0470 e. The summed E-state index contributed by atoms with van der Waals surface area (Å²) < 4.78 is 0. The number of aromatic amines is 1. The summed E-state index contributed by atoms with van der Waals surface area (Å²) in [5.41, 5.74) is 1.31. The minimum atomic E-state index is 0. The molecule has 86 valence electrons. The molecular weight excluding hydrogens is 210 g/mol. The lowest BCUT2D eigenvalue weighted by atomic mass is 10.1. The van der Waals surface area contributed by atoms with Crippen LogP contribution >= 0.6 is 12.4 Å². The fourth-order valence-electron chi connectivity index (χ4n) is 2.13. The number of hydrogen-bond donors (Lipinski definition) is 2. The van der Waals surface area contributed by atoms with Gasteiger partial charge in [-0.1, -0.05) is 0 Å². The second-order valence-electron chi connectivity index (χ2n) is 4.11. The van der Waals surface area contributed by atoms with Gasteiger partial charge in [0, 0.05) is 30.5 Å². The zero-order valence-corrected chi connectivity index (χ0v) is 10.2. The number of hydrogen-bond acceptors (Lipinski definition) is 2. The van der Waals surface area contributed by atoms with E-state index < -0.39 is 0 Å². The quantitative estimate of drug-likeness (QED) is 0.828. The van der Waals surface area contributed by atoms with Crippen LogP contribution in [0.5, 0.6) is 0 Å². The van der Waals surface area contributed by atoms with Crippen LogP contribution < -0.4 is 5.32 Å². The van der Waals surface area contributed by atoms with Gasteiger partial charge in [-0.25, -0.2) is 0 Å². The second kappa shape index (κ2) is 5.54. The first-order chi connectivity index (χ1) is 6.79. The van der Waals surface area contributed by atoms with Crippen LogP contribution in [0.25, 0.3) is 0 Å². The van der Waals surface area contributed by atoms with E-state index in [0.29, 0.717) is 12.1 Å². The van der Waals surface area contributed by atoms with Crippen molar-refractivity contribution < 1.29 is 0 Å². The highest BCUT2D eigenvalue weighted by Gasteiger charge is 2.23. The van der Waals surface area contributed by atoms with Crippen LogP contribution in [0.15, 0.2) is 18.3 Å². The lowest BCUT2D eigenvalue weighted by molar-refractivity contribution is 0.194. The number of halogens is 1. The molecule has 3 nitrogen and oxygen atoms in total. The molecule has 2 rings (SSSR count). The fraction of sp³-hybridized carbons (Fsp3) is 0.636. The second-order valence-corrected chi connectivity index (χ2v) is 4.11. The number of rotatable bonds is 3. The molecule has 0 saturated carbocycles. The summed E-state index contributed by atoms with van der Waals surface area (Å²) in [4.78, 5) is 5.73. The van der Waals surface area contributed by atoms with E-state index in [1.807, 2.05) is 6.20 Å². The molecule has 1 fully saturated rings. The van der Waals surface area contributed by atoms with Crippen molar-refractivity contribution in [3.8, 4) is 0 Å². The number of aromatic nitrogens is 1. The number of likely N-dealkylation sites (N-methyl/N-ethyl adjacent to an activating group) is 1. The van der Waals surface area contributed by atoms with Gasteiger partial charge in [-0.05, 0) is 39.1 Å². The highest BCUT2D eigenvalue weighted by molar-refractivity contribution is 5.85. The Hall–Kier alpha value is -0.510. The zero-order chi connectivity index (χ0) is 9.97. The molecule has 2 N–H and O–H groups in total. The van der Waals surface area contributed by atoms with E-state index in [2.05, 4.69) is 41.3 Å². The fourth-order valence-corrected chi connectivity index (χ4v) is 2.13. The molecule has 1 aliphatic rings. The molecular formula is C11H20ClN3. The van der Waals surface area contributed by atoms with Gasteiger partial charge in [0.2, 0.25) is 0 Å². The Morgan fingerprint density at radius 1 is 1.53 bits per heavy atom. The highest BCUT2D eigenvalue weighted by atomic mass is 35.5. The SMILES string of the molecule is CC(c1ccc[nH]1)N(C)C1CCNC1.Cl. The molecule has 0 aliphatic carbocycles. The first-order valence-electron chi connectivity index (χ1n) is 5.35. The Labute approximate surface area is 97.7 Å². The first-order valence-corrected chi connectivity index (χ1v) is 5.35. The third kappa shape index (κ3) is 2.74. The van der Waals surface area contributed by atoms with E-state index in [-0.39, 0.29) is 12.4 Å². The van der Waals surface area contributed by atoms with Gasteiger partial charge in [-0.2, -0.15) is 0 Å². The van der Waals surface area contributed by atoms with Crippen molar-refractivity contribution >= 4 is 12.4 Å². The number of nitrogens with zero attached hydrogens (tertiary/aromatic N) is 1. The Balaban J connectivity index is 0.00000112. The molecule has 1 saturated heterocycles. The summed E-state index contributed by atoms with van der Waals surface area (Å²) in [7, 11) is 2.21. The van der Waals surface area contributed by atoms with E-state index in [4.69, 9.17) is 0 Å². The highest BCUT2D eigenvalue weighted by Crippen LogP contribution is 2.21. The molecule has 0 amide bonds. The first kappa shape index (κ1) is 12.6. The minimum Gasteiger partial charge on any atom is -0.364 e. The summed E-state index contributed by atoms with van der Waals surface area (Å²) in [6.45, 7) is 4.54. The molecule has 2 heterocycles. The van der Waals surface area contributed by atoms with Gasteiger partial charge >= 0.3 is 0 Å². The van der Waals surface area contributed by atoms with Gasteiger partial charge in [-0.3, -0.25) is 4.90 Å². The van der Waals surface area contributed by atoms with Crippen molar-refractivity contribution in [1.29, 1.82) is 0 Å². The van der Waals surface area contributed by atoms with Crippen molar-refractivity contribution in [2.24, 2.45) is 0 Å². The smallest absolute Gasteiger partial charge is 0.0470 e. The van der Waals surface area contributed by atoms with E-state index in [1.54, 1.807) is 0 Å². The molecule has 15 heavy (non-hydrogen) atoms. The van der Waals surface area contributed by atoms with Crippen LogP contribution in [-0.2, 0) is 0 Å². The predicted molar refractivity (Wildman–Crippen MR) is 65.5 cm³/mol. The Morgan fingerprint density at radius 3 is 2.87 bits per heavy atom. The Morgan fingerprint density at radius 2 is 2.33 bits per heavy atom. The van der Waals surface area contributed by atoms with E-state index in [9.17, 15) is 0 Å². The van der Waals surface area contributed by atoms with Crippen LogP contribution in [-0.4, -0.2) is 36.1 Å². The average molecular weight is 230 g/mol. The van der Waals surface area contributed by atoms with E-state index in [1.165, 1.54) is 12.1 Å². The molecule has 2 atom stereocenters. The molecule has 2 unspecified atom stereocenters.